The Morgan fingerprint density at radius 2 is 1.61 bits per heavy atom. The molecule has 36 heavy (non-hydrogen) atoms. The number of nitrogens with one attached hydrogen (secondary N) is 1. The van der Waals surface area contributed by atoms with E-state index in [0.717, 1.165) is 26.7 Å². The van der Waals surface area contributed by atoms with Gasteiger partial charge in [0, 0.05) is 6.07 Å². The minimum atomic E-state index is -4.01. The van der Waals surface area contributed by atoms with E-state index in [9.17, 15) is 13.2 Å². The summed E-state index contributed by atoms with van der Waals surface area (Å²) in [6.45, 7) is 7.63. The SMILES string of the molecule is COc1cccc(N(CC(=O)NC(C)c2cc(C(C)C)c(OC)cc2C)S(=O)(=O)c2ccccc2)c1. The molecule has 1 atom stereocenters. The standard InChI is InChI=1S/C28H34N2O5S/c1-19(2)25-17-26(20(3)15-27(25)35-6)21(4)29-28(31)18-30(22-11-10-12-23(16-22)34-5)36(32,33)24-13-8-7-9-14-24/h7-17,19,21H,18H2,1-6H3,(H,29,31). The highest BCUT2D eigenvalue weighted by Gasteiger charge is 2.28. The Bertz CT molecular complexity index is 1310. The smallest absolute Gasteiger partial charge is 0.264 e. The summed E-state index contributed by atoms with van der Waals surface area (Å²) in [5, 5.41) is 2.98. The molecular formula is C28H34N2O5S. The van der Waals surface area contributed by atoms with Crippen LogP contribution < -0.4 is 19.1 Å². The lowest BCUT2D eigenvalue weighted by Crippen LogP contribution is -2.41. The van der Waals surface area contributed by atoms with E-state index in [-0.39, 0.29) is 23.4 Å². The molecule has 0 bridgehead atoms. The van der Waals surface area contributed by atoms with Crippen molar-refractivity contribution in [3.05, 3.63) is 83.4 Å². The lowest BCUT2D eigenvalue weighted by molar-refractivity contribution is -0.120. The molecule has 3 aromatic rings. The Morgan fingerprint density at radius 3 is 2.22 bits per heavy atom. The van der Waals surface area contributed by atoms with Crippen molar-refractivity contribution in [2.24, 2.45) is 0 Å². The van der Waals surface area contributed by atoms with Crippen LogP contribution in [0.5, 0.6) is 11.5 Å². The zero-order chi connectivity index (χ0) is 26.5. The van der Waals surface area contributed by atoms with Crippen molar-refractivity contribution in [2.75, 3.05) is 25.1 Å². The molecule has 1 unspecified atom stereocenters. The number of carbonyl (C=O) groups excluding carboxylic acids is 1. The highest BCUT2D eigenvalue weighted by atomic mass is 32.2. The van der Waals surface area contributed by atoms with E-state index in [1.165, 1.54) is 19.2 Å². The number of hydrogen-bond acceptors (Lipinski definition) is 5. The van der Waals surface area contributed by atoms with E-state index in [2.05, 4.69) is 19.2 Å². The molecule has 0 fully saturated rings. The van der Waals surface area contributed by atoms with Crippen LogP contribution in [-0.2, 0) is 14.8 Å². The van der Waals surface area contributed by atoms with Crippen molar-refractivity contribution in [1.29, 1.82) is 0 Å². The van der Waals surface area contributed by atoms with Gasteiger partial charge in [-0.25, -0.2) is 8.42 Å². The third kappa shape index (κ3) is 5.99. The fourth-order valence-corrected chi connectivity index (χ4v) is 5.54. The molecule has 0 saturated heterocycles. The first-order chi connectivity index (χ1) is 17.1. The van der Waals surface area contributed by atoms with Gasteiger partial charge in [-0.1, -0.05) is 38.1 Å². The molecule has 3 aromatic carbocycles. The highest BCUT2D eigenvalue weighted by Crippen LogP contribution is 2.32. The zero-order valence-electron chi connectivity index (χ0n) is 21.6. The van der Waals surface area contributed by atoms with Gasteiger partial charge in [0.2, 0.25) is 5.91 Å². The highest BCUT2D eigenvalue weighted by molar-refractivity contribution is 7.92. The fraction of sp³-hybridized carbons (Fsp3) is 0.321. The van der Waals surface area contributed by atoms with E-state index in [0.29, 0.717) is 11.4 Å². The maximum atomic E-state index is 13.6. The summed E-state index contributed by atoms with van der Waals surface area (Å²) >= 11 is 0. The monoisotopic (exact) mass is 510 g/mol. The quantitative estimate of drug-likeness (QED) is 0.405. The van der Waals surface area contributed by atoms with Gasteiger partial charge in [0.1, 0.15) is 18.0 Å². The normalized spacial score (nSPS) is 12.2. The Labute approximate surface area is 214 Å². The van der Waals surface area contributed by atoms with Gasteiger partial charge in [0.15, 0.2) is 0 Å². The Hall–Kier alpha value is -3.52. The lowest BCUT2D eigenvalue weighted by atomic mass is 9.93. The fourth-order valence-electron chi connectivity index (χ4n) is 4.11. The van der Waals surface area contributed by atoms with Gasteiger partial charge in [0.25, 0.3) is 10.0 Å². The number of aryl methyl sites for hydroxylation is 1. The number of nitrogens with zero attached hydrogens (tertiary/aromatic N) is 1. The largest absolute Gasteiger partial charge is 0.497 e. The molecule has 8 heteroatoms. The predicted octanol–water partition coefficient (Wildman–Crippen LogP) is 5.21. The van der Waals surface area contributed by atoms with Crippen molar-refractivity contribution in [3.8, 4) is 11.5 Å². The molecule has 1 amide bonds. The summed E-state index contributed by atoms with van der Waals surface area (Å²) in [7, 11) is -0.859. The van der Waals surface area contributed by atoms with Gasteiger partial charge in [-0.3, -0.25) is 9.10 Å². The number of rotatable bonds is 10. The molecule has 0 aromatic heterocycles. The zero-order valence-corrected chi connectivity index (χ0v) is 22.4. The summed E-state index contributed by atoms with van der Waals surface area (Å²) in [4.78, 5) is 13.3. The van der Waals surface area contributed by atoms with Crippen molar-refractivity contribution in [3.63, 3.8) is 0 Å². The van der Waals surface area contributed by atoms with E-state index >= 15 is 0 Å². The summed E-state index contributed by atoms with van der Waals surface area (Å²) in [6, 6.07) is 18.4. The lowest BCUT2D eigenvalue weighted by Gasteiger charge is -2.26. The number of benzene rings is 3. The van der Waals surface area contributed by atoms with E-state index < -0.39 is 15.9 Å². The van der Waals surface area contributed by atoms with Gasteiger partial charge in [-0.2, -0.15) is 0 Å². The molecule has 0 heterocycles. The van der Waals surface area contributed by atoms with Gasteiger partial charge in [-0.05, 0) is 72.9 Å². The molecule has 0 saturated carbocycles. The van der Waals surface area contributed by atoms with E-state index in [1.807, 2.05) is 26.0 Å². The van der Waals surface area contributed by atoms with Crippen molar-refractivity contribution in [2.45, 2.75) is 44.6 Å². The number of amides is 1. The molecule has 0 aliphatic heterocycles. The third-order valence-corrected chi connectivity index (χ3v) is 7.83. The second kappa shape index (κ2) is 11.5. The average Bonchev–Trinajstić information content (AvgIpc) is 2.87. The first-order valence-corrected chi connectivity index (χ1v) is 13.2. The second-order valence-corrected chi connectivity index (χ2v) is 10.8. The molecular weight excluding hydrogens is 476 g/mol. The van der Waals surface area contributed by atoms with Crippen molar-refractivity contribution in [1.82, 2.24) is 5.32 Å². The number of hydrogen-bond donors (Lipinski definition) is 1. The van der Waals surface area contributed by atoms with Crippen LogP contribution >= 0.6 is 0 Å². The van der Waals surface area contributed by atoms with Crippen LogP contribution in [0.4, 0.5) is 5.69 Å². The number of ether oxygens (including phenoxy) is 2. The van der Waals surface area contributed by atoms with Crippen LogP contribution in [0.1, 0.15) is 49.4 Å². The maximum absolute atomic E-state index is 13.6. The Balaban J connectivity index is 1.92. The third-order valence-electron chi connectivity index (χ3n) is 6.04. The Kier molecular flexibility index (Phi) is 8.63. The van der Waals surface area contributed by atoms with Crippen LogP contribution in [-0.4, -0.2) is 35.1 Å². The van der Waals surface area contributed by atoms with Crippen LogP contribution in [0.2, 0.25) is 0 Å². The molecule has 0 aliphatic carbocycles. The summed E-state index contributed by atoms with van der Waals surface area (Å²) in [5.41, 5.74) is 3.31. The van der Waals surface area contributed by atoms with Crippen LogP contribution in [0.3, 0.4) is 0 Å². The first kappa shape index (κ1) is 27.1. The van der Waals surface area contributed by atoms with E-state index in [4.69, 9.17) is 9.47 Å². The molecule has 3 rings (SSSR count). The van der Waals surface area contributed by atoms with Gasteiger partial charge < -0.3 is 14.8 Å². The number of carbonyl (C=O) groups is 1. The molecule has 7 nitrogen and oxygen atoms in total. The molecule has 0 spiro atoms. The topological polar surface area (TPSA) is 84.9 Å². The summed E-state index contributed by atoms with van der Waals surface area (Å²) in [6.07, 6.45) is 0. The molecule has 192 valence electrons. The summed E-state index contributed by atoms with van der Waals surface area (Å²) < 4.78 is 39.0. The van der Waals surface area contributed by atoms with Gasteiger partial charge >= 0.3 is 0 Å². The molecule has 1 N–H and O–H groups in total. The molecule has 0 aliphatic rings. The molecule has 0 radical (unpaired) electrons. The predicted molar refractivity (Wildman–Crippen MR) is 142 cm³/mol. The van der Waals surface area contributed by atoms with E-state index in [1.54, 1.807) is 49.6 Å². The van der Waals surface area contributed by atoms with Crippen LogP contribution in [0, 0.1) is 6.92 Å². The van der Waals surface area contributed by atoms with Gasteiger partial charge in [-0.15, -0.1) is 0 Å². The average molecular weight is 511 g/mol. The second-order valence-electron chi connectivity index (χ2n) is 8.92. The van der Waals surface area contributed by atoms with Crippen molar-refractivity contribution >= 4 is 21.6 Å². The number of methoxy groups -OCH3 is 2. The summed E-state index contributed by atoms with van der Waals surface area (Å²) in [5.74, 6) is 1.11. The van der Waals surface area contributed by atoms with Crippen LogP contribution in [0.25, 0.3) is 0 Å². The first-order valence-electron chi connectivity index (χ1n) is 11.8. The number of sulfonamides is 1. The number of anilines is 1. The van der Waals surface area contributed by atoms with Crippen LogP contribution in [0.15, 0.2) is 71.6 Å². The van der Waals surface area contributed by atoms with Crippen molar-refractivity contribution < 1.29 is 22.7 Å². The maximum Gasteiger partial charge on any atom is 0.264 e. The van der Waals surface area contributed by atoms with Gasteiger partial charge in [0.05, 0.1) is 30.8 Å². The minimum Gasteiger partial charge on any atom is -0.497 e. The Morgan fingerprint density at radius 1 is 0.917 bits per heavy atom. The minimum absolute atomic E-state index is 0.0984.